The maximum Gasteiger partial charge on any atom is 0.230 e. The van der Waals surface area contributed by atoms with E-state index >= 15 is 0 Å². The van der Waals surface area contributed by atoms with Gasteiger partial charge in [-0.05, 0) is 31.2 Å². The van der Waals surface area contributed by atoms with E-state index in [2.05, 4.69) is 27.0 Å². The van der Waals surface area contributed by atoms with Crippen molar-refractivity contribution in [3.05, 3.63) is 41.4 Å². The third-order valence-electron chi connectivity index (χ3n) is 2.56. The Morgan fingerprint density at radius 3 is 2.71 bits per heavy atom. The standard InChI is InChI=1S/C12H16N4O/c1-9-4-5-13-6-11(9)7-16(3)8-12-15-14-10(2)17-12/h4-6H,7-8H2,1-3H3. The minimum Gasteiger partial charge on any atom is -0.424 e. The minimum atomic E-state index is 0.603. The zero-order chi connectivity index (χ0) is 12.3. The van der Waals surface area contributed by atoms with Gasteiger partial charge < -0.3 is 4.42 Å². The highest BCUT2D eigenvalue weighted by Gasteiger charge is 2.08. The van der Waals surface area contributed by atoms with Crippen LogP contribution in [0.3, 0.4) is 0 Å². The predicted molar refractivity (Wildman–Crippen MR) is 63.2 cm³/mol. The van der Waals surface area contributed by atoms with Crippen LogP contribution in [0.1, 0.15) is 22.9 Å². The van der Waals surface area contributed by atoms with Crippen molar-refractivity contribution < 1.29 is 4.42 Å². The molecule has 17 heavy (non-hydrogen) atoms. The number of aromatic nitrogens is 3. The second kappa shape index (κ2) is 5.05. The summed E-state index contributed by atoms with van der Waals surface area (Å²) in [6.07, 6.45) is 3.70. The third-order valence-corrected chi connectivity index (χ3v) is 2.56. The van der Waals surface area contributed by atoms with Crippen molar-refractivity contribution in [3.8, 4) is 0 Å². The summed E-state index contributed by atoms with van der Waals surface area (Å²) in [5.41, 5.74) is 2.46. The lowest BCUT2D eigenvalue weighted by atomic mass is 10.1. The number of rotatable bonds is 4. The zero-order valence-electron chi connectivity index (χ0n) is 10.3. The van der Waals surface area contributed by atoms with Gasteiger partial charge in [0.1, 0.15) is 0 Å². The van der Waals surface area contributed by atoms with Gasteiger partial charge in [-0.2, -0.15) is 0 Å². The Morgan fingerprint density at radius 1 is 1.24 bits per heavy atom. The highest BCUT2D eigenvalue weighted by atomic mass is 16.4. The Balaban J connectivity index is 1.98. The lowest BCUT2D eigenvalue weighted by Crippen LogP contribution is -2.18. The summed E-state index contributed by atoms with van der Waals surface area (Å²) in [5.74, 6) is 1.25. The van der Waals surface area contributed by atoms with Crippen molar-refractivity contribution in [1.82, 2.24) is 20.1 Å². The molecular weight excluding hydrogens is 216 g/mol. The first-order chi connectivity index (χ1) is 8.15. The fraction of sp³-hybridized carbons (Fsp3) is 0.417. The van der Waals surface area contributed by atoms with Gasteiger partial charge in [-0.3, -0.25) is 9.88 Å². The van der Waals surface area contributed by atoms with Gasteiger partial charge in [0.25, 0.3) is 0 Å². The van der Waals surface area contributed by atoms with Crippen molar-refractivity contribution in [1.29, 1.82) is 0 Å². The maximum absolute atomic E-state index is 5.34. The van der Waals surface area contributed by atoms with Gasteiger partial charge in [0.15, 0.2) is 0 Å². The molecule has 0 radical (unpaired) electrons. The fourth-order valence-corrected chi connectivity index (χ4v) is 1.64. The highest BCUT2D eigenvalue weighted by molar-refractivity contribution is 5.21. The van der Waals surface area contributed by atoms with Crippen LogP contribution in [0.5, 0.6) is 0 Å². The molecule has 5 nitrogen and oxygen atoms in total. The van der Waals surface area contributed by atoms with Crippen LogP contribution in [0.4, 0.5) is 0 Å². The molecule has 0 N–H and O–H groups in total. The van der Waals surface area contributed by atoms with Crippen molar-refractivity contribution in [2.24, 2.45) is 0 Å². The van der Waals surface area contributed by atoms with Gasteiger partial charge >= 0.3 is 0 Å². The van der Waals surface area contributed by atoms with Gasteiger partial charge in [0.2, 0.25) is 11.8 Å². The van der Waals surface area contributed by atoms with E-state index in [9.17, 15) is 0 Å². The van der Waals surface area contributed by atoms with Crippen LogP contribution in [0.15, 0.2) is 22.9 Å². The largest absolute Gasteiger partial charge is 0.424 e. The maximum atomic E-state index is 5.34. The lowest BCUT2D eigenvalue weighted by molar-refractivity contribution is 0.278. The van der Waals surface area contributed by atoms with Crippen molar-refractivity contribution in [2.45, 2.75) is 26.9 Å². The number of nitrogens with zero attached hydrogens (tertiary/aromatic N) is 4. The van der Waals surface area contributed by atoms with Crippen LogP contribution in [-0.4, -0.2) is 27.1 Å². The quantitative estimate of drug-likeness (QED) is 0.803. The Hall–Kier alpha value is -1.75. The summed E-state index contributed by atoms with van der Waals surface area (Å²) in [7, 11) is 2.02. The molecule has 2 rings (SSSR count). The monoisotopic (exact) mass is 232 g/mol. The van der Waals surface area contributed by atoms with Crippen molar-refractivity contribution in [2.75, 3.05) is 7.05 Å². The van der Waals surface area contributed by atoms with E-state index in [0.29, 0.717) is 18.3 Å². The summed E-state index contributed by atoms with van der Waals surface area (Å²) in [6, 6.07) is 2.01. The average molecular weight is 232 g/mol. The van der Waals surface area contributed by atoms with Crippen molar-refractivity contribution >= 4 is 0 Å². The summed E-state index contributed by atoms with van der Waals surface area (Å²) in [6.45, 7) is 5.35. The Bertz CT molecular complexity index is 495. The predicted octanol–water partition coefficient (Wildman–Crippen LogP) is 1.71. The molecular formula is C12H16N4O. The van der Waals surface area contributed by atoms with Gasteiger partial charge in [-0.15, -0.1) is 10.2 Å². The number of pyridine rings is 1. The Kier molecular flexibility index (Phi) is 3.49. The molecule has 0 spiro atoms. The summed E-state index contributed by atoms with van der Waals surface area (Å²) in [5, 5.41) is 7.78. The fourth-order valence-electron chi connectivity index (χ4n) is 1.64. The topological polar surface area (TPSA) is 55.1 Å². The Morgan fingerprint density at radius 2 is 2.06 bits per heavy atom. The van der Waals surface area contributed by atoms with Crippen LogP contribution in [0.2, 0.25) is 0 Å². The second-order valence-electron chi connectivity index (χ2n) is 4.19. The number of hydrogen-bond acceptors (Lipinski definition) is 5. The van der Waals surface area contributed by atoms with Crippen LogP contribution < -0.4 is 0 Å². The normalized spacial score (nSPS) is 11.1. The lowest BCUT2D eigenvalue weighted by Gasteiger charge is -2.15. The number of hydrogen-bond donors (Lipinski definition) is 0. The summed E-state index contributed by atoms with van der Waals surface area (Å²) in [4.78, 5) is 6.25. The molecule has 90 valence electrons. The van der Waals surface area contributed by atoms with Gasteiger partial charge in [0.05, 0.1) is 6.54 Å². The molecule has 0 saturated heterocycles. The van der Waals surface area contributed by atoms with E-state index in [-0.39, 0.29) is 0 Å². The third kappa shape index (κ3) is 3.10. The van der Waals surface area contributed by atoms with Crippen LogP contribution in [-0.2, 0) is 13.1 Å². The SMILES string of the molecule is Cc1nnc(CN(C)Cc2cnccc2C)o1. The van der Waals surface area contributed by atoms with Gasteiger partial charge in [-0.25, -0.2) is 0 Å². The Labute approximate surface area is 100 Å². The molecule has 5 heteroatoms. The average Bonchev–Trinajstić information content (AvgIpc) is 2.67. The molecule has 0 fully saturated rings. The van der Waals surface area contributed by atoms with E-state index in [1.165, 1.54) is 11.1 Å². The first kappa shape index (κ1) is 11.7. The first-order valence-electron chi connectivity index (χ1n) is 5.52. The van der Waals surface area contributed by atoms with Crippen molar-refractivity contribution in [3.63, 3.8) is 0 Å². The highest BCUT2D eigenvalue weighted by Crippen LogP contribution is 2.10. The second-order valence-corrected chi connectivity index (χ2v) is 4.19. The van der Waals surface area contributed by atoms with Gasteiger partial charge in [0, 0.05) is 25.9 Å². The molecule has 0 aliphatic rings. The smallest absolute Gasteiger partial charge is 0.230 e. The summed E-state index contributed by atoms with van der Waals surface area (Å²) >= 11 is 0. The van der Waals surface area contributed by atoms with Gasteiger partial charge in [-0.1, -0.05) is 0 Å². The van der Waals surface area contributed by atoms with E-state index in [4.69, 9.17) is 4.42 Å². The van der Waals surface area contributed by atoms with E-state index in [1.807, 2.05) is 19.3 Å². The van der Waals surface area contributed by atoms with E-state index in [1.54, 1.807) is 13.1 Å². The number of aryl methyl sites for hydroxylation is 2. The molecule has 2 aromatic rings. The minimum absolute atomic E-state index is 0.603. The molecule has 0 saturated carbocycles. The molecule has 0 atom stereocenters. The van der Waals surface area contributed by atoms with E-state index in [0.717, 1.165) is 6.54 Å². The molecule has 0 aliphatic heterocycles. The first-order valence-corrected chi connectivity index (χ1v) is 5.52. The molecule has 0 aromatic carbocycles. The molecule has 2 heterocycles. The molecule has 0 bridgehead atoms. The van der Waals surface area contributed by atoms with Crippen LogP contribution in [0.25, 0.3) is 0 Å². The zero-order valence-corrected chi connectivity index (χ0v) is 10.3. The summed E-state index contributed by atoms with van der Waals surface area (Å²) < 4.78 is 5.34. The molecule has 0 unspecified atom stereocenters. The van der Waals surface area contributed by atoms with Crippen LogP contribution in [0, 0.1) is 13.8 Å². The molecule has 0 aliphatic carbocycles. The van der Waals surface area contributed by atoms with Crippen LogP contribution >= 0.6 is 0 Å². The molecule has 0 amide bonds. The molecule has 2 aromatic heterocycles. The van der Waals surface area contributed by atoms with E-state index < -0.39 is 0 Å².